The summed E-state index contributed by atoms with van der Waals surface area (Å²) >= 11 is 6.16. The molecule has 1 saturated heterocycles. The van der Waals surface area contributed by atoms with E-state index in [9.17, 15) is 14.9 Å². The van der Waals surface area contributed by atoms with Crippen molar-refractivity contribution in [3.05, 3.63) is 32.8 Å². The monoisotopic (exact) mass is 341 g/mol. The third-order valence-electron chi connectivity index (χ3n) is 2.93. The molecule has 0 spiro atoms. The minimum Gasteiger partial charge on any atom is -0.382 e. The quantitative estimate of drug-likeness (QED) is 0.269. The number of rotatable bonds is 7. The van der Waals surface area contributed by atoms with E-state index in [0.29, 0.717) is 42.6 Å². The molecular formula is C13H15N3O4S2. The Balaban J connectivity index is 2.03. The van der Waals surface area contributed by atoms with Gasteiger partial charge >= 0.3 is 5.00 Å². The first-order chi connectivity index (χ1) is 10.5. The van der Waals surface area contributed by atoms with Gasteiger partial charge in [0.05, 0.1) is 4.92 Å². The highest BCUT2D eigenvalue weighted by Crippen LogP contribution is 2.25. The van der Waals surface area contributed by atoms with Crippen molar-refractivity contribution in [2.24, 2.45) is 0 Å². The third kappa shape index (κ3) is 3.87. The van der Waals surface area contributed by atoms with Gasteiger partial charge in [-0.25, -0.2) is 0 Å². The number of carbonyl (C=O) groups excluding carboxylic acids is 1. The fourth-order valence-corrected chi connectivity index (χ4v) is 2.89. The Morgan fingerprint density at radius 3 is 3.00 bits per heavy atom. The Morgan fingerprint density at radius 1 is 1.59 bits per heavy atom. The molecule has 9 heteroatoms. The Morgan fingerprint density at radius 2 is 2.36 bits per heavy atom. The van der Waals surface area contributed by atoms with Crippen molar-refractivity contribution in [1.29, 1.82) is 0 Å². The van der Waals surface area contributed by atoms with Crippen LogP contribution < -0.4 is 5.32 Å². The molecule has 2 rings (SSSR count). The minimum atomic E-state index is -0.457. The van der Waals surface area contributed by atoms with E-state index >= 15 is 0 Å². The molecule has 0 radical (unpaired) electrons. The first kappa shape index (κ1) is 16.5. The lowest BCUT2D eigenvalue weighted by Gasteiger charge is -2.13. The van der Waals surface area contributed by atoms with Crippen molar-refractivity contribution in [2.45, 2.75) is 13.3 Å². The van der Waals surface area contributed by atoms with Crippen LogP contribution in [0.2, 0.25) is 0 Å². The van der Waals surface area contributed by atoms with E-state index < -0.39 is 4.92 Å². The second-order valence-electron chi connectivity index (χ2n) is 4.47. The van der Waals surface area contributed by atoms with Crippen LogP contribution in [0.4, 0.5) is 5.00 Å². The zero-order valence-electron chi connectivity index (χ0n) is 11.9. The SMILES string of the molecule is CCOCCCN1C(=O)C(=Cc2csc([N+](=O)[O-])c2)NC1=S. The maximum atomic E-state index is 12.3. The fraction of sp³-hybridized carbons (Fsp3) is 0.385. The van der Waals surface area contributed by atoms with Gasteiger partial charge in [0.25, 0.3) is 5.91 Å². The summed E-state index contributed by atoms with van der Waals surface area (Å²) in [5.74, 6) is -0.227. The van der Waals surface area contributed by atoms with Gasteiger partial charge in [0, 0.05) is 31.2 Å². The van der Waals surface area contributed by atoms with Gasteiger partial charge in [0.2, 0.25) is 0 Å². The zero-order valence-corrected chi connectivity index (χ0v) is 13.5. The summed E-state index contributed by atoms with van der Waals surface area (Å²) in [7, 11) is 0. The van der Waals surface area contributed by atoms with Gasteiger partial charge in [0.1, 0.15) is 5.70 Å². The van der Waals surface area contributed by atoms with Crippen LogP contribution in [0, 0.1) is 10.1 Å². The van der Waals surface area contributed by atoms with Crippen molar-refractivity contribution in [1.82, 2.24) is 10.2 Å². The number of carbonyl (C=O) groups is 1. The van der Waals surface area contributed by atoms with Gasteiger partial charge in [-0.2, -0.15) is 0 Å². The lowest BCUT2D eigenvalue weighted by atomic mass is 10.2. The number of thiophene rings is 1. The summed E-state index contributed by atoms with van der Waals surface area (Å²) in [5.41, 5.74) is 0.931. The van der Waals surface area contributed by atoms with E-state index in [1.165, 1.54) is 11.0 Å². The average molecular weight is 341 g/mol. The highest BCUT2D eigenvalue weighted by Gasteiger charge is 2.30. The molecule has 1 aliphatic heterocycles. The molecule has 1 amide bonds. The molecule has 1 aromatic rings. The van der Waals surface area contributed by atoms with E-state index in [2.05, 4.69) is 5.32 Å². The van der Waals surface area contributed by atoms with Crippen LogP contribution in [0.3, 0.4) is 0 Å². The summed E-state index contributed by atoms with van der Waals surface area (Å²) in [6.07, 6.45) is 2.26. The third-order valence-corrected chi connectivity index (χ3v) is 4.15. The van der Waals surface area contributed by atoms with E-state index in [1.807, 2.05) is 6.92 Å². The van der Waals surface area contributed by atoms with Crippen molar-refractivity contribution >= 4 is 45.7 Å². The summed E-state index contributed by atoms with van der Waals surface area (Å²) < 4.78 is 5.23. The van der Waals surface area contributed by atoms with Gasteiger partial charge in [-0.05, 0) is 37.2 Å². The molecule has 1 aliphatic rings. The summed E-state index contributed by atoms with van der Waals surface area (Å²) in [4.78, 5) is 23.9. The Bertz CT molecular complexity index is 627. The molecule has 22 heavy (non-hydrogen) atoms. The van der Waals surface area contributed by atoms with Crippen molar-refractivity contribution in [2.75, 3.05) is 19.8 Å². The Labute approximate surface area is 136 Å². The standard InChI is InChI=1S/C13H15N3O4S2/c1-2-20-5-3-4-15-12(17)10(14-13(15)21)6-9-7-11(16(18)19)22-8-9/h6-8H,2-5H2,1H3,(H,14,21). The van der Waals surface area contributed by atoms with Crippen LogP contribution >= 0.6 is 23.6 Å². The topological polar surface area (TPSA) is 84.7 Å². The molecule has 1 N–H and O–H groups in total. The molecule has 118 valence electrons. The number of hydrogen-bond donors (Lipinski definition) is 1. The van der Waals surface area contributed by atoms with Crippen molar-refractivity contribution in [3.63, 3.8) is 0 Å². The molecule has 2 heterocycles. The van der Waals surface area contributed by atoms with Crippen molar-refractivity contribution in [3.8, 4) is 0 Å². The van der Waals surface area contributed by atoms with Crippen LogP contribution in [-0.2, 0) is 9.53 Å². The predicted octanol–water partition coefficient (Wildman–Crippen LogP) is 2.14. The van der Waals surface area contributed by atoms with Gasteiger partial charge in [-0.3, -0.25) is 19.8 Å². The number of nitrogens with one attached hydrogen (secondary N) is 1. The van der Waals surface area contributed by atoms with Crippen LogP contribution in [-0.4, -0.2) is 40.6 Å². The van der Waals surface area contributed by atoms with Crippen molar-refractivity contribution < 1.29 is 14.5 Å². The summed E-state index contributed by atoms with van der Waals surface area (Å²) in [6.45, 7) is 3.59. The number of thiocarbonyl (C=S) groups is 1. The minimum absolute atomic E-state index is 0.0356. The average Bonchev–Trinajstić information content (AvgIpc) is 3.03. The van der Waals surface area contributed by atoms with Crippen LogP contribution in [0.5, 0.6) is 0 Å². The van der Waals surface area contributed by atoms with Gasteiger partial charge in [-0.15, -0.1) is 0 Å². The highest BCUT2D eigenvalue weighted by atomic mass is 32.1. The van der Waals surface area contributed by atoms with Gasteiger partial charge in [-0.1, -0.05) is 11.3 Å². The van der Waals surface area contributed by atoms with Crippen LogP contribution in [0.15, 0.2) is 17.1 Å². The van der Waals surface area contributed by atoms with Crippen LogP contribution in [0.25, 0.3) is 6.08 Å². The highest BCUT2D eigenvalue weighted by molar-refractivity contribution is 7.80. The molecule has 0 bridgehead atoms. The van der Waals surface area contributed by atoms with Gasteiger partial charge < -0.3 is 10.1 Å². The van der Waals surface area contributed by atoms with Crippen LogP contribution in [0.1, 0.15) is 18.9 Å². The maximum absolute atomic E-state index is 12.3. The van der Waals surface area contributed by atoms with E-state index in [4.69, 9.17) is 17.0 Å². The summed E-state index contributed by atoms with van der Waals surface area (Å²) in [6, 6.07) is 1.42. The maximum Gasteiger partial charge on any atom is 0.324 e. The lowest BCUT2D eigenvalue weighted by molar-refractivity contribution is -0.380. The van der Waals surface area contributed by atoms with E-state index in [-0.39, 0.29) is 10.9 Å². The second-order valence-corrected chi connectivity index (χ2v) is 5.75. The Kier molecular flexibility index (Phi) is 5.58. The number of nitrogens with zero attached hydrogens (tertiary/aromatic N) is 2. The molecule has 0 aromatic carbocycles. The molecule has 7 nitrogen and oxygen atoms in total. The number of nitro groups is 1. The zero-order chi connectivity index (χ0) is 16.1. The van der Waals surface area contributed by atoms with E-state index in [1.54, 1.807) is 11.5 Å². The fourth-order valence-electron chi connectivity index (χ4n) is 1.92. The number of hydrogen-bond acceptors (Lipinski definition) is 6. The number of amides is 1. The predicted molar refractivity (Wildman–Crippen MR) is 87.5 cm³/mol. The second kappa shape index (κ2) is 7.43. The largest absolute Gasteiger partial charge is 0.382 e. The normalized spacial score (nSPS) is 16.4. The number of ether oxygens (including phenoxy) is 1. The molecular weight excluding hydrogens is 326 g/mol. The van der Waals surface area contributed by atoms with E-state index in [0.717, 1.165) is 11.3 Å². The first-order valence-corrected chi connectivity index (χ1v) is 7.97. The molecule has 0 unspecified atom stereocenters. The molecule has 1 aromatic heterocycles. The molecule has 0 atom stereocenters. The lowest BCUT2D eigenvalue weighted by Crippen LogP contribution is -2.32. The summed E-state index contributed by atoms with van der Waals surface area (Å²) in [5, 5.41) is 15.5. The smallest absolute Gasteiger partial charge is 0.324 e. The molecule has 0 aliphatic carbocycles. The molecule has 1 fully saturated rings. The first-order valence-electron chi connectivity index (χ1n) is 6.68. The van der Waals surface area contributed by atoms with Gasteiger partial charge in [0.15, 0.2) is 5.11 Å². The molecule has 0 saturated carbocycles. The Hall–Kier alpha value is -1.84.